The van der Waals surface area contributed by atoms with Gasteiger partial charge in [0.25, 0.3) is 0 Å². The molecule has 0 amide bonds. The Hall–Kier alpha value is -0.643. The van der Waals surface area contributed by atoms with Gasteiger partial charge in [0.05, 0.1) is 0 Å². The molecule has 2 nitrogen and oxygen atoms in total. The normalized spacial score (nSPS) is 12.5. The Bertz CT molecular complexity index is 318. The number of hydrogen-bond acceptors (Lipinski definition) is 2. The largest absolute Gasteiger partial charge is 0.327 e. The molecule has 0 bridgehead atoms. The third kappa shape index (κ3) is 4.08. The Morgan fingerprint density at radius 3 is 2.50 bits per heavy atom. The van der Waals surface area contributed by atoms with E-state index >= 15 is 0 Å². The molecule has 90 valence electrons. The molecule has 0 radical (unpaired) electrons. The second-order valence-electron chi connectivity index (χ2n) is 5.11. The van der Waals surface area contributed by atoms with E-state index in [1.54, 1.807) is 0 Å². The van der Waals surface area contributed by atoms with Crippen molar-refractivity contribution in [1.82, 2.24) is 10.3 Å². The molecule has 0 aliphatic rings. The predicted molar refractivity (Wildman–Crippen MR) is 75.0 cm³/mol. The van der Waals surface area contributed by atoms with Crippen LogP contribution in [0.15, 0.2) is 24.3 Å². The number of rotatable bonds is 5. The van der Waals surface area contributed by atoms with Crippen LogP contribution >= 0.6 is 0 Å². The highest BCUT2D eigenvalue weighted by Gasteiger charge is 2.16. The Labute approximate surface area is 102 Å². The lowest BCUT2D eigenvalue weighted by molar-refractivity contribution is 0.593. The lowest BCUT2D eigenvalue weighted by Crippen LogP contribution is -2.40. The molecule has 2 N–H and O–H groups in total. The minimum atomic E-state index is -0.353. The first-order valence-electron chi connectivity index (χ1n) is 6.05. The van der Waals surface area contributed by atoms with Gasteiger partial charge >= 0.3 is 0 Å². The van der Waals surface area contributed by atoms with Crippen LogP contribution in [-0.4, -0.2) is 22.9 Å². The van der Waals surface area contributed by atoms with Crippen molar-refractivity contribution in [2.24, 2.45) is 0 Å². The van der Waals surface area contributed by atoms with E-state index in [-0.39, 0.29) is 15.1 Å². The Kier molecular flexibility index (Phi) is 5.18. The Morgan fingerprint density at radius 1 is 1.19 bits per heavy atom. The van der Waals surface area contributed by atoms with Gasteiger partial charge in [-0.1, -0.05) is 52.0 Å². The molecule has 0 aliphatic carbocycles. The van der Waals surface area contributed by atoms with E-state index in [9.17, 15) is 0 Å². The smallest absolute Gasteiger partial charge is 0.126 e. The lowest BCUT2D eigenvalue weighted by Gasteiger charge is -2.23. The first-order valence-corrected chi connectivity index (χ1v) is 7.47. The van der Waals surface area contributed by atoms with Crippen molar-refractivity contribution >= 4 is 14.9 Å². The molecule has 0 aliphatic heterocycles. The van der Waals surface area contributed by atoms with Crippen LogP contribution in [0.2, 0.25) is 0 Å². The SMILES string of the molecule is CCNCN[SiH2]c1ccccc1C(C)(C)C. The predicted octanol–water partition coefficient (Wildman–Crippen LogP) is 0.850. The maximum atomic E-state index is 3.54. The average Bonchev–Trinajstić information content (AvgIpc) is 2.24. The molecule has 16 heavy (non-hydrogen) atoms. The van der Waals surface area contributed by atoms with Crippen LogP contribution in [0.4, 0.5) is 0 Å². The van der Waals surface area contributed by atoms with Crippen LogP contribution < -0.4 is 15.5 Å². The molecule has 0 atom stereocenters. The minimum Gasteiger partial charge on any atom is -0.327 e. The van der Waals surface area contributed by atoms with Crippen LogP contribution in [0, 0.1) is 0 Å². The zero-order valence-corrected chi connectivity index (χ0v) is 12.3. The monoisotopic (exact) mass is 236 g/mol. The molecule has 0 saturated carbocycles. The van der Waals surface area contributed by atoms with Crippen LogP contribution in [0.3, 0.4) is 0 Å². The van der Waals surface area contributed by atoms with Gasteiger partial charge in [-0.3, -0.25) is 0 Å². The van der Waals surface area contributed by atoms with Gasteiger partial charge in [-0.15, -0.1) is 0 Å². The Morgan fingerprint density at radius 2 is 1.88 bits per heavy atom. The average molecular weight is 236 g/mol. The zero-order valence-electron chi connectivity index (χ0n) is 10.9. The summed E-state index contributed by atoms with van der Waals surface area (Å²) in [5, 5.41) is 4.84. The second kappa shape index (κ2) is 6.18. The molecule has 1 aromatic rings. The molecular formula is C13H24N2Si. The quantitative estimate of drug-likeness (QED) is 0.450. The summed E-state index contributed by atoms with van der Waals surface area (Å²) in [4.78, 5) is 3.54. The van der Waals surface area contributed by atoms with Gasteiger partial charge in [-0.2, -0.15) is 0 Å². The minimum absolute atomic E-state index is 0.253. The van der Waals surface area contributed by atoms with E-state index in [1.807, 2.05) is 0 Å². The second-order valence-corrected chi connectivity index (χ2v) is 6.73. The summed E-state index contributed by atoms with van der Waals surface area (Å²) in [6.45, 7) is 10.9. The van der Waals surface area contributed by atoms with Gasteiger partial charge in [0.2, 0.25) is 0 Å². The van der Waals surface area contributed by atoms with E-state index in [4.69, 9.17) is 0 Å². The first-order chi connectivity index (χ1) is 7.55. The van der Waals surface area contributed by atoms with Crippen molar-refractivity contribution < 1.29 is 0 Å². The van der Waals surface area contributed by atoms with Crippen molar-refractivity contribution in [1.29, 1.82) is 0 Å². The van der Waals surface area contributed by atoms with E-state index in [2.05, 4.69) is 62.3 Å². The van der Waals surface area contributed by atoms with Crippen molar-refractivity contribution in [3.8, 4) is 0 Å². The molecule has 0 unspecified atom stereocenters. The molecule has 1 aromatic carbocycles. The molecular weight excluding hydrogens is 212 g/mol. The Balaban J connectivity index is 2.65. The fourth-order valence-corrected chi connectivity index (χ4v) is 3.48. The van der Waals surface area contributed by atoms with E-state index < -0.39 is 0 Å². The molecule has 0 aromatic heterocycles. The van der Waals surface area contributed by atoms with Crippen LogP contribution in [-0.2, 0) is 5.41 Å². The van der Waals surface area contributed by atoms with Crippen molar-refractivity contribution in [3.05, 3.63) is 29.8 Å². The van der Waals surface area contributed by atoms with Gasteiger partial charge in [0.1, 0.15) is 9.68 Å². The van der Waals surface area contributed by atoms with Gasteiger partial charge in [-0.25, -0.2) is 0 Å². The third-order valence-corrected chi connectivity index (χ3v) is 4.14. The van der Waals surface area contributed by atoms with E-state index in [0.717, 1.165) is 13.2 Å². The molecule has 0 fully saturated rings. The summed E-state index contributed by atoms with van der Waals surface area (Å²) in [6, 6.07) is 8.82. The maximum Gasteiger partial charge on any atom is 0.126 e. The molecule has 0 spiro atoms. The highest BCUT2D eigenvalue weighted by Crippen LogP contribution is 2.19. The first kappa shape index (κ1) is 13.4. The maximum absolute atomic E-state index is 3.54. The van der Waals surface area contributed by atoms with Crippen molar-refractivity contribution in [2.45, 2.75) is 33.1 Å². The zero-order chi connectivity index (χ0) is 12.0. The van der Waals surface area contributed by atoms with Gasteiger partial charge < -0.3 is 10.3 Å². The topological polar surface area (TPSA) is 24.1 Å². The van der Waals surface area contributed by atoms with Crippen molar-refractivity contribution in [3.63, 3.8) is 0 Å². The summed E-state index contributed by atoms with van der Waals surface area (Å²) in [7, 11) is -0.353. The summed E-state index contributed by atoms with van der Waals surface area (Å²) >= 11 is 0. The lowest BCUT2D eigenvalue weighted by atomic mass is 9.87. The summed E-state index contributed by atoms with van der Waals surface area (Å²) in [5.41, 5.74) is 1.74. The third-order valence-electron chi connectivity index (χ3n) is 2.64. The summed E-state index contributed by atoms with van der Waals surface area (Å²) < 4.78 is 0. The highest BCUT2D eigenvalue weighted by molar-refractivity contribution is 6.51. The summed E-state index contributed by atoms with van der Waals surface area (Å²) in [6.07, 6.45) is 0. The number of benzene rings is 1. The number of hydrogen-bond donors (Lipinski definition) is 2. The van der Waals surface area contributed by atoms with E-state index in [0.29, 0.717) is 0 Å². The number of nitrogens with one attached hydrogen (secondary N) is 2. The van der Waals surface area contributed by atoms with Gasteiger partial charge in [-0.05, 0) is 22.7 Å². The standard InChI is InChI=1S/C13H24N2Si/c1-5-14-10-15-16-12-9-7-6-8-11(12)13(2,3)4/h6-9,14-15H,5,10,16H2,1-4H3. The summed E-state index contributed by atoms with van der Waals surface area (Å²) in [5.74, 6) is 0. The van der Waals surface area contributed by atoms with Crippen LogP contribution in [0.5, 0.6) is 0 Å². The van der Waals surface area contributed by atoms with Crippen molar-refractivity contribution in [2.75, 3.05) is 13.2 Å². The molecule has 0 saturated heterocycles. The highest BCUT2D eigenvalue weighted by atomic mass is 28.2. The molecule has 3 heteroatoms. The van der Waals surface area contributed by atoms with Gasteiger partial charge in [0, 0.05) is 6.67 Å². The van der Waals surface area contributed by atoms with Gasteiger partial charge in [0.15, 0.2) is 0 Å². The van der Waals surface area contributed by atoms with Crippen LogP contribution in [0.25, 0.3) is 0 Å². The van der Waals surface area contributed by atoms with Crippen LogP contribution in [0.1, 0.15) is 33.3 Å². The molecule has 1 rings (SSSR count). The fraction of sp³-hybridized carbons (Fsp3) is 0.538. The molecule has 0 heterocycles. The fourth-order valence-electron chi connectivity index (χ4n) is 1.82. The van der Waals surface area contributed by atoms with E-state index in [1.165, 1.54) is 10.8 Å².